The lowest BCUT2D eigenvalue weighted by Gasteiger charge is -2.28. The fraction of sp³-hybridized carbons (Fsp3) is 0.968. The molecule has 0 aromatic rings. The molecule has 0 fully saturated rings. The van der Waals surface area contributed by atoms with E-state index in [2.05, 4.69) is 6.92 Å². The van der Waals surface area contributed by atoms with Crippen molar-refractivity contribution in [3.8, 4) is 0 Å². The Morgan fingerprint density at radius 1 is 0.632 bits per heavy atom. The van der Waals surface area contributed by atoms with E-state index in [1.807, 2.05) is 27.7 Å². The average Bonchev–Trinajstić information content (AvgIpc) is 2.90. The smallest absolute Gasteiger partial charge is 0.465 e. The molecule has 0 rings (SSSR count). The highest BCUT2D eigenvalue weighted by atomic mass is 32.2. The van der Waals surface area contributed by atoms with Crippen molar-refractivity contribution in [3.05, 3.63) is 0 Å². The standard InChI is InChI=1S/C31H64O5SSi/c1-6-10-11-12-13-14-15-16-17-18-19-20-21-22-23-24-26-33-31(32)30(5)29-37-27-25-28-38(34-7-2,35-8-3)36-9-4/h30H,6-29H2,1-5H3. The Morgan fingerprint density at radius 3 is 1.47 bits per heavy atom. The van der Waals surface area contributed by atoms with Crippen molar-refractivity contribution < 1.29 is 22.8 Å². The third-order valence-corrected chi connectivity index (χ3v) is 11.3. The summed E-state index contributed by atoms with van der Waals surface area (Å²) >= 11 is 1.80. The summed E-state index contributed by atoms with van der Waals surface area (Å²) in [5.74, 6) is 1.65. The zero-order valence-electron chi connectivity index (χ0n) is 26.0. The summed E-state index contributed by atoms with van der Waals surface area (Å²) in [4.78, 5) is 12.3. The lowest BCUT2D eigenvalue weighted by atomic mass is 10.0. The van der Waals surface area contributed by atoms with Gasteiger partial charge in [-0.15, -0.1) is 0 Å². The van der Waals surface area contributed by atoms with Crippen molar-refractivity contribution >= 4 is 26.5 Å². The van der Waals surface area contributed by atoms with Crippen molar-refractivity contribution in [2.24, 2.45) is 5.92 Å². The summed E-state index contributed by atoms with van der Waals surface area (Å²) in [7, 11) is -2.55. The second-order valence-electron chi connectivity index (χ2n) is 10.5. The van der Waals surface area contributed by atoms with Gasteiger partial charge in [-0.1, -0.05) is 110 Å². The van der Waals surface area contributed by atoms with Crippen molar-refractivity contribution in [2.45, 2.75) is 150 Å². The van der Waals surface area contributed by atoms with Gasteiger partial charge in [0.15, 0.2) is 0 Å². The van der Waals surface area contributed by atoms with E-state index < -0.39 is 8.80 Å². The summed E-state index contributed by atoms with van der Waals surface area (Å²) in [6, 6.07) is 0.827. The molecule has 228 valence electrons. The zero-order valence-corrected chi connectivity index (χ0v) is 27.8. The first-order valence-corrected chi connectivity index (χ1v) is 19.3. The van der Waals surface area contributed by atoms with E-state index >= 15 is 0 Å². The van der Waals surface area contributed by atoms with Gasteiger partial charge < -0.3 is 18.0 Å². The molecule has 5 nitrogen and oxygen atoms in total. The second-order valence-corrected chi connectivity index (χ2v) is 14.4. The zero-order chi connectivity index (χ0) is 28.2. The first-order valence-electron chi connectivity index (χ1n) is 16.2. The molecule has 1 unspecified atom stereocenters. The summed E-state index contributed by atoms with van der Waals surface area (Å²) in [5.41, 5.74) is 0. The van der Waals surface area contributed by atoms with Gasteiger partial charge in [-0.05, 0) is 39.4 Å². The minimum atomic E-state index is -2.55. The van der Waals surface area contributed by atoms with E-state index in [0.717, 1.165) is 30.4 Å². The molecule has 7 heteroatoms. The van der Waals surface area contributed by atoms with Crippen LogP contribution in [-0.4, -0.2) is 52.7 Å². The Kier molecular flexibility index (Phi) is 28.4. The highest BCUT2D eigenvalue weighted by molar-refractivity contribution is 7.99. The van der Waals surface area contributed by atoms with Gasteiger partial charge in [0.25, 0.3) is 0 Å². The maximum atomic E-state index is 12.3. The highest BCUT2D eigenvalue weighted by Crippen LogP contribution is 2.21. The van der Waals surface area contributed by atoms with Gasteiger partial charge in [0.2, 0.25) is 0 Å². The topological polar surface area (TPSA) is 54.0 Å². The number of unbranched alkanes of at least 4 members (excludes halogenated alkanes) is 15. The van der Waals surface area contributed by atoms with Crippen molar-refractivity contribution in [1.82, 2.24) is 0 Å². The van der Waals surface area contributed by atoms with Crippen LogP contribution >= 0.6 is 11.8 Å². The molecule has 0 aliphatic rings. The normalized spacial score (nSPS) is 12.7. The second kappa shape index (κ2) is 28.4. The third kappa shape index (κ3) is 22.7. The number of hydrogen-bond acceptors (Lipinski definition) is 6. The van der Waals surface area contributed by atoms with Crippen molar-refractivity contribution in [1.29, 1.82) is 0 Å². The number of rotatable bonds is 30. The van der Waals surface area contributed by atoms with Gasteiger partial charge in [-0.2, -0.15) is 11.8 Å². The predicted octanol–water partition coefficient (Wildman–Crippen LogP) is 9.60. The molecule has 0 radical (unpaired) electrons. The van der Waals surface area contributed by atoms with Gasteiger partial charge in [-0.25, -0.2) is 0 Å². The van der Waals surface area contributed by atoms with E-state index in [9.17, 15) is 4.79 Å². The molecule has 0 spiro atoms. The SMILES string of the molecule is CCCCCCCCCCCCCCCCCCOC(=O)C(C)CSCCC[Si](OCC)(OCC)OCC. The molecule has 0 N–H and O–H groups in total. The largest absolute Gasteiger partial charge is 0.500 e. The molecule has 0 aliphatic carbocycles. The molecule has 0 aromatic heterocycles. The molecule has 0 aromatic carbocycles. The van der Waals surface area contributed by atoms with E-state index in [1.165, 1.54) is 96.3 Å². The van der Waals surface area contributed by atoms with Crippen LogP contribution in [0.15, 0.2) is 0 Å². The van der Waals surface area contributed by atoms with Gasteiger partial charge in [-0.3, -0.25) is 4.79 Å². The Bertz CT molecular complexity index is 492. The van der Waals surface area contributed by atoms with Gasteiger partial charge >= 0.3 is 14.8 Å². The Balaban J connectivity index is 3.59. The molecule has 0 aliphatic heterocycles. The number of ether oxygens (including phenoxy) is 1. The van der Waals surface area contributed by atoms with Crippen LogP contribution in [0.2, 0.25) is 6.04 Å². The van der Waals surface area contributed by atoms with Crippen LogP contribution in [0.5, 0.6) is 0 Å². The number of thioether (sulfide) groups is 1. The van der Waals surface area contributed by atoms with Gasteiger partial charge in [0.05, 0.1) is 12.5 Å². The fourth-order valence-corrected chi connectivity index (χ4v) is 8.56. The predicted molar refractivity (Wildman–Crippen MR) is 167 cm³/mol. The number of carbonyl (C=O) groups is 1. The quantitative estimate of drug-likeness (QED) is 0.0482. The maximum absolute atomic E-state index is 12.3. The fourth-order valence-electron chi connectivity index (χ4n) is 4.69. The number of esters is 1. The van der Waals surface area contributed by atoms with Crippen LogP contribution < -0.4 is 0 Å². The van der Waals surface area contributed by atoms with Crippen LogP contribution in [0.1, 0.15) is 144 Å². The first-order chi connectivity index (χ1) is 18.5. The molecular weight excluding hydrogens is 512 g/mol. The van der Waals surface area contributed by atoms with Crippen molar-refractivity contribution in [2.75, 3.05) is 37.9 Å². The molecule has 0 saturated carbocycles. The van der Waals surface area contributed by atoms with Crippen molar-refractivity contribution in [3.63, 3.8) is 0 Å². The Hall–Kier alpha value is -0.0831. The Labute approximate surface area is 242 Å². The summed E-state index contributed by atoms with van der Waals surface area (Å²) < 4.78 is 23.3. The highest BCUT2D eigenvalue weighted by Gasteiger charge is 2.39. The van der Waals surface area contributed by atoms with Crippen LogP contribution in [0.4, 0.5) is 0 Å². The van der Waals surface area contributed by atoms with Gasteiger partial charge in [0, 0.05) is 31.6 Å². The van der Waals surface area contributed by atoms with Crippen LogP contribution in [0.25, 0.3) is 0 Å². The minimum absolute atomic E-state index is 0.0554. The van der Waals surface area contributed by atoms with Crippen LogP contribution in [0, 0.1) is 5.92 Å². The third-order valence-electron chi connectivity index (χ3n) is 6.88. The average molecular weight is 577 g/mol. The number of hydrogen-bond donors (Lipinski definition) is 0. The number of carbonyl (C=O) groups excluding carboxylic acids is 1. The molecule has 0 amide bonds. The molecule has 0 heterocycles. The van der Waals surface area contributed by atoms with Crippen LogP contribution in [-0.2, 0) is 22.8 Å². The van der Waals surface area contributed by atoms with E-state index in [4.69, 9.17) is 18.0 Å². The lowest BCUT2D eigenvalue weighted by Crippen LogP contribution is -2.46. The molecule has 38 heavy (non-hydrogen) atoms. The Morgan fingerprint density at radius 2 is 1.05 bits per heavy atom. The van der Waals surface area contributed by atoms with Gasteiger partial charge in [0.1, 0.15) is 0 Å². The molecule has 0 bridgehead atoms. The molecular formula is C31H64O5SSi. The lowest BCUT2D eigenvalue weighted by molar-refractivity contribution is -0.147. The first kappa shape index (κ1) is 37.9. The summed E-state index contributed by atoms with van der Waals surface area (Å²) in [5, 5.41) is 0. The molecule has 0 saturated heterocycles. The van der Waals surface area contributed by atoms with E-state index in [0.29, 0.717) is 26.4 Å². The minimum Gasteiger partial charge on any atom is -0.465 e. The summed E-state index contributed by atoms with van der Waals surface area (Å²) in [6.45, 7) is 12.6. The van der Waals surface area contributed by atoms with Crippen LogP contribution in [0.3, 0.4) is 0 Å². The van der Waals surface area contributed by atoms with E-state index in [1.54, 1.807) is 11.8 Å². The van der Waals surface area contributed by atoms with E-state index in [-0.39, 0.29) is 11.9 Å². The monoisotopic (exact) mass is 576 g/mol. The molecule has 1 atom stereocenters. The maximum Gasteiger partial charge on any atom is 0.500 e. The summed E-state index contributed by atoms with van der Waals surface area (Å²) in [6.07, 6.45) is 22.6.